The molecule has 4 aliphatic rings. The number of anilines is 1. The quantitative estimate of drug-likeness (QED) is 0.0340. The van der Waals surface area contributed by atoms with Crippen LogP contribution in [0.2, 0.25) is 0 Å². The molecule has 4 aliphatic heterocycles. The first-order valence-electron chi connectivity index (χ1n) is 25.2. The van der Waals surface area contributed by atoms with Gasteiger partial charge in [-0.05, 0) is 80.6 Å². The number of methoxy groups -OCH3 is 2. The third-order valence-electron chi connectivity index (χ3n) is 15.1. The minimum Gasteiger partial charge on any atom is -0.469 e. The number of hydrazine groups is 1. The molecule has 0 spiro atoms. The van der Waals surface area contributed by atoms with Crippen LogP contribution in [0.25, 0.3) is 11.3 Å². The summed E-state index contributed by atoms with van der Waals surface area (Å²) in [6, 6.07) is 12.5. The van der Waals surface area contributed by atoms with Crippen molar-refractivity contribution < 1.29 is 78.0 Å². The van der Waals surface area contributed by atoms with Crippen molar-refractivity contribution in [2.24, 2.45) is 22.7 Å². The van der Waals surface area contributed by atoms with Crippen molar-refractivity contribution in [2.75, 3.05) is 52.0 Å². The summed E-state index contributed by atoms with van der Waals surface area (Å²) >= 11 is 0. The molecule has 8 rings (SSSR count). The Kier molecular flexibility index (Phi) is 18.4. The fourth-order valence-electron chi connectivity index (χ4n) is 9.90. The molecule has 2 aromatic heterocycles. The lowest BCUT2D eigenvalue weighted by atomic mass is 9.75. The summed E-state index contributed by atoms with van der Waals surface area (Å²) in [7, 11) is 1.72. The molecular formula is C55H60F9N7O8. The van der Waals surface area contributed by atoms with Crippen molar-refractivity contribution in [1.82, 2.24) is 30.6 Å². The van der Waals surface area contributed by atoms with E-state index in [-0.39, 0.29) is 17.7 Å². The van der Waals surface area contributed by atoms with E-state index in [0.717, 1.165) is 83.2 Å². The van der Waals surface area contributed by atoms with E-state index in [2.05, 4.69) is 46.5 Å². The number of hydrogen-bond donors (Lipinski definition) is 3. The number of esters is 1. The van der Waals surface area contributed by atoms with Crippen LogP contribution in [0.4, 0.5) is 50.1 Å². The highest BCUT2D eigenvalue weighted by molar-refractivity contribution is 5.88. The van der Waals surface area contributed by atoms with Crippen LogP contribution < -0.4 is 15.6 Å². The average molecular weight is 1120 g/mol. The minimum absolute atomic E-state index is 0.190. The molecule has 79 heavy (non-hydrogen) atoms. The maximum atomic E-state index is 16.1. The topological polar surface area (TPSA) is 176 Å². The number of ether oxygens (including phenoxy) is 3. The lowest BCUT2D eigenvalue weighted by Gasteiger charge is -2.60. The Balaban J connectivity index is 1.18. The van der Waals surface area contributed by atoms with E-state index in [4.69, 9.17) is 4.74 Å². The van der Waals surface area contributed by atoms with Gasteiger partial charge in [-0.3, -0.25) is 29.7 Å². The Morgan fingerprint density at radius 1 is 0.810 bits per heavy atom. The van der Waals surface area contributed by atoms with Gasteiger partial charge in [0.15, 0.2) is 5.78 Å². The van der Waals surface area contributed by atoms with Gasteiger partial charge in [-0.25, -0.2) is 28.0 Å². The SMILES string of the molecule is COC(=O)C[C@H](C(=O)NN(Cc1c(F)cc(-c2cc(F)ccn2)cc1F)C[C@H](O)[C@@H](CC(=O)[C@@H](NC(=O)OC)C(C)(C)C(F)(F)F)Cc1ccc(C#Cc2ccc(N3CC4CC(C3)N4C3COC3)nc2)cc1)C(C)(C)C(F)(F)F. The molecule has 426 valence electrons. The number of rotatable bonds is 20. The number of alkyl carbamates (subject to hydrolysis) is 1. The first-order chi connectivity index (χ1) is 37.1. The Hall–Kier alpha value is -6.81. The number of carbonyl (C=O) groups excluding carboxylic acids is 4. The van der Waals surface area contributed by atoms with Crippen molar-refractivity contribution in [3.63, 3.8) is 0 Å². The van der Waals surface area contributed by atoms with Gasteiger partial charge < -0.3 is 29.5 Å². The summed E-state index contributed by atoms with van der Waals surface area (Å²) in [4.78, 5) is 66.5. The molecule has 6 heterocycles. The van der Waals surface area contributed by atoms with Crippen LogP contribution in [0.3, 0.4) is 0 Å². The van der Waals surface area contributed by atoms with Crippen molar-refractivity contribution in [2.45, 2.75) is 103 Å². The summed E-state index contributed by atoms with van der Waals surface area (Å²) in [5.41, 5.74) is -3.58. The molecule has 2 amide bonds. The van der Waals surface area contributed by atoms with Gasteiger partial charge in [0.05, 0.1) is 68.4 Å². The van der Waals surface area contributed by atoms with E-state index in [9.17, 15) is 55.0 Å². The van der Waals surface area contributed by atoms with Crippen LogP contribution in [0, 0.1) is 52.0 Å². The highest BCUT2D eigenvalue weighted by atomic mass is 19.4. The Labute approximate surface area is 450 Å². The number of aliphatic hydroxyl groups is 1. The Morgan fingerprint density at radius 3 is 1.97 bits per heavy atom. The minimum atomic E-state index is -5.14. The zero-order valence-electron chi connectivity index (χ0n) is 44.0. The lowest BCUT2D eigenvalue weighted by Crippen LogP contribution is -2.74. The van der Waals surface area contributed by atoms with Crippen molar-refractivity contribution in [3.05, 3.63) is 113 Å². The molecule has 2 aromatic carbocycles. The molecule has 24 heteroatoms. The number of fused-ring (bicyclic) bond motifs is 2. The first-order valence-corrected chi connectivity index (χ1v) is 25.2. The number of halogens is 9. The van der Waals surface area contributed by atoms with Crippen molar-refractivity contribution in [1.29, 1.82) is 0 Å². The molecule has 2 unspecified atom stereocenters. The smallest absolute Gasteiger partial charge is 0.407 e. The number of aromatic nitrogens is 2. The number of ketones is 1. The van der Waals surface area contributed by atoms with E-state index in [1.807, 2.05) is 17.4 Å². The highest BCUT2D eigenvalue weighted by Gasteiger charge is 2.57. The van der Waals surface area contributed by atoms with Gasteiger partial charge in [-0.1, -0.05) is 37.8 Å². The maximum Gasteiger partial charge on any atom is 0.407 e. The zero-order chi connectivity index (χ0) is 57.8. The number of nitrogens with zero attached hydrogens (tertiary/aromatic N) is 5. The summed E-state index contributed by atoms with van der Waals surface area (Å²) in [5.74, 6) is -4.32. The number of carbonyl (C=O) groups is 4. The standard InChI is InChI=1S/C55H60F9N7O8/c1-52(2,54(59,60)61)41(23-48(74)77-5)50(75)68-70(27-40-42(57)18-34(19-43(40)58)44-21-36(56)15-16-65-44)28-46(73)35(20-45(72)49(67-51(76)78-6)53(3,4)55(62,63)64)17-32-10-7-31(8-11-32)9-12-33-13-14-47(66-24-33)69-25-37-22-38(26-69)71(37)39-29-79-30-39/h7-8,10-11,13-16,18-19,21,24,35,37-39,41,46,49,73H,17,20,22-23,25-30H2,1-6H3,(H,67,76)(H,68,75)/t35-,37?,38?,41-,46+,49-/m1/s1. The predicted octanol–water partition coefficient (Wildman–Crippen LogP) is 7.72. The molecule has 0 radical (unpaired) electrons. The van der Waals surface area contributed by atoms with Crippen LogP contribution in [-0.4, -0.2) is 138 Å². The van der Waals surface area contributed by atoms with Crippen LogP contribution in [0.5, 0.6) is 0 Å². The third-order valence-corrected chi connectivity index (χ3v) is 15.1. The fraction of sp³-hybridized carbons (Fsp3) is 0.491. The number of benzene rings is 2. The number of nitrogens with one attached hydrogen (secondary N) is 2. The van der Waals surface area contributed by atoms with Gasteiger partial charge in [0.2, 0.25) is 5.91 Å². The van der Waals surface area contributed by atoms with Gasteiger partial charge in [-0.15, -0.1) is 0 Å². The molecule has 4 aromatic rings. The maximum absolute atomic E-state index is 16.1. The molecule has 3 N–H and O–H groups in total. The van der Waals surface area contributed by atoms with Gasteiger partial charge in [0, 0.05) is 85.4 Å². The fourth-order valence-corrected chi connectivity index (χ4v) is 9.90. The number of alkyl halides is 6. The van der Waals surface area contributed by atoms with Gasteiger partial charge in [0.25, 0.3) is 0 Å². The zero-order valence-corrected chi connectivity index (χ0v) is 44.0. The van der Waals surface area contributed by atoms with E-state index in [1.54, 1.807) is 30.5 Å². The van der Waals surface area contributed by atoms with Crippen molar-refractivity contribution >= 4 is 29.6 Å². The van der Waals surface area contributed by atoms with Gasteiger partial charge >= 0.3 is 24.4 Å². The number of piperazine rings is 1. The normalized spacial score (nSPS) is 18.5. The summed E-state index contributed by atoms with van der Waals surface area (Å²) in [6.45, 7) is 3.74. The number of Topliss-reactive ketones (excluding diaryl/α,β-unsaturated/α-hetero) is 1. The number of piperidine rings is 1. The summed E-state index contributed by atoms with van der Waals surface area (Å²) in [6.07, 6.45) is -12.2. The van der Waals surface area contributed by atoms with E-state index >= 15 is 8.78 Å². The van der Waals surface area contributed by atoms with Crippen molar-refractivity contribution in [3.8, 4) is 23.1 Å². The van der Waals surface area contributed by atoms with Crippen LogP contribution in [0.15, 0.2) is 73.1 Å². The molecule has 0 aliphatic carbocycles. The molecule has 15 nitrogen and oxygen atoms in total. The van der Waals surface area contributed by atoms with E-state index < -0.39 is 120 Å². The summed E-state index contributed by atoms with van der Waals surface area (Å²) in [5, 5.41) is 14.7. The molecule has 4 fully saturated rings. The lowest BCUT2D eigenvalue weighted by molar-refractivity contribution is -0.231. The number of aliphatic hydroxyl groups excluding tert-OH is 1. The van der Waals surface area contributed by atoms with Crippen LogP contribution in [0.1, 0.15) is 69.2 Å². The monoisotopic (exact) mass is 1120 g/mol. The number of hydrogen-bond acceptors (Lipinski definition) is 13. The largest absolute Gasteiger partial charge is 0.469 e. The summed E-state index contributed by atoms with van der Waals surface area (Å²) < 4.78 is 148. The molecule has 4 saturated heterocycles. The Bertz CT molecular complexity index is 2880. The average Bonchev–Trinajstić information content (AvgIpc) is 3.49. The molecule has 0 saturated carbocycles. The number of amides is 2. The second-order valence-corrected chi connectivity index (χ2v) is 21.1. The van der Waals surface area contributed by atoms with Gasteiger partial charge in [-0.2, -0.15) is 26.3 Å². The first kappa shape index (κ1) is 59.8. The van der Waals surface area contributed by atoms with E-state index in [1.165, 1.54) is 0 Å². The number of pyridine rings is 2. The Morgan fingerprint density at radius 2 is 1.43 bits per heavy atom. The molecular weight excluding hydrogens is 1060 g/mol. The molecule has 6 atom stereocenters. The van der Waals surface area contributed by atoms with E-state index in [0.29, 0.717) is 67.5 Å². The predicted molar refractivity (Wildman–Crippen MR) is 268 cm³/mol. The second kappa shape index (κ2) is 24.3. The second-order valence-electron chi connectivity index (χ2n) is 21.1. The van der Waals surface area contributed by atoms with Gasteiger partial charge in [0.1, 0.15) is 29.3 Å². The highest BCUT2D eigenvalue weighted by Crippen LogP contribution is 2.46. The van der Waals surface area contributed by atoms with Crippen LogP contribution in [-0.2, 0) is 41.6 Å². The third kappa shape index (κ3) is 14.0. The van der Waals surface area contributed by atoms with Crippen LogP contribution >= 0.6 is 0 Å². The molecule has 2 bridgehead atoms.